The molecule has 1 amide bonds. The van der Waals surface area contributed by atoms with Crippen molar-refractivity contribution in [2.45, 2.75) is 19.4 Å². The molecule has 3 N–H and O–H groups in total. The van der Waals surface area contributed by atoms with E-state index in [0.29, 0.717) is 25.3 Å². The Morgan fingerprint density at radius 3 is 3.00 bits per heavy atom. The highest BCUT2D eigenvalue weighted by molar-refractivity contribution is 5.96. The largest absolute Gasteiger partial charge is 0.377 e. The number of nitro benzene ring substituents is 1. The third-order valence-corrected chi connectivity index (χ3v) is 3.34. The summed E-state index contributed by atoms with van der Waals surface area (Å²) in [5.74, 6) is 5.10. The van der Waals surface area contributed by atoms with Crippen LogP contribution in [-0.2, 0) is 4.74 Å². The van der Waals surface area contributed by atoms with Gasteiger partial charge in [0, 0.05) is 31.3 Å². The molecular weight excluding hydrogens is 276 g/mol. The van der Waals surface area contributed by atoms with Gasteiger partial charge in [0.05, 0.1) is 11.0 Å². The normalized spacial score (nSPS) is 19.0. The molecule has 0 saturated carbocycles. The summed E-state index contributed by atoms with van der Waals surface area (Å²) in [7, 11) is 0. The molecule has 1 fully saturated rings. The van der Waals surface area contributed by atoms with Crippen LogP contribution in [0, 0.1) is 10.1 Å². The third kappa shape index (κ3) is 3.47. The van der Waals surface area contributed by atoms with Gasteiger partial charge in [0.25, 0.3) is 11.6 Å². The maximum absolute atomic E-state index is 12.5. The standard InChI is InChI=1S/C13H18N4O4/c1-9-8-16(5-2-6-21-9)13(18)10-3-4-12(17(19)20)11(7-10)15-14/h3-4,7,9,15H,2,5-6,8,14H2,1H3. The Labute approximate surface area is 122 Å². The van der Waals surface area contributed by atoms with Crippen LogP contribution >= 0.6 is 0 Å². The Balaban J connectivity index is 2.24. The minimum absolute atomic E-state index is 0.0263. The molecule has 0 spiro atoms. The fraction of sp³-hybridized carbons (Fsp3) is 0.462. The van der Waals surface area contributed by atoms with Gasteiger partial charge in [-0.15, -0.1) is 0 Å². The fourth-order valence-corrected chi connectivity index (χ4v) is 2.31. The molecule has 0 radical (unpaired) electrons. The quantitative estimate of drug-likeness (QED) is 0.491. The molecule has 1 aliphatic heterocycles. The third-order valence-electron chi connectivity index (χ3n) is 3.34. The Hall–Kier alpha value is -2.19. The molecule has 8 heteroatoms. The molecule has 21 heavy (non-hydrogen) atoms. The monoisotopic (exact) mass is 294 g/mol. The van der Waals surface area contributed by atoms with Crippen LogP contribution in [0.1, 0.15) is 23.7 Å². The second-order valence-corrected chi connectivity index (χ2v) is 4.92. The number of nitrogens with zero attached hydrogens (tertiary/aromatic N) is 2. The lowest BCUT2D eigenvalue weighted by atomic mass is 10.1. The first-order valence-electron chi connectivity index (χ1n) is 6.69. The predicted molar refractivity (Wildman–Crippen MR) is 76.8 cm³/mol. The van der Waals surface area contributed by atoms with E-state index in [0.717, 1.165) is 6.42 Å². The van der Waals surface area contributed by atoms with Crippen LogP contribution in [0.2, 0.25) is 0 Å². The lowest BCUT2D eigenvalue weighted by molar-refractivity contribution is -0.384. The number of nitrogen functional groups attached to an aromatic ring is 1. The number of nitro groups is 1. The van der Waals surface area contributed by atoms with Crippen molar-refractivity contribution in [3.8, 4) is 0 Å². The minimum atomic E-state index is -0.550. The number of anilines is 1. The Bertz CT molecular complexity index is 549. The van der Waals surface area contributed by atoms with Crippen molar-refractivity contribution < 1.29 is 14.5 Å². The molecular formula is C13H18N4O4. The molecule has 1 unspecified atom stereocenters. The summed E-state index contributed by atoms with van der Waals surface area (Å²) in [4.78, 5) is 24.5. The van der Waals surface area contributed by atoms with E-state index in [1.807, 2.05) is 6.92 Å². The van der Waals surface area contributed by atoms with Crippen LogP contribution < -0.4 is 11.3 Å². The average molecular weight is 294 g/mol. The summed E-state index contributed by atoms with van der Waals surface area (Å²) in [6, 6.07) is 4.12. The highest BCUT2D eigenvalue weighted by atomic mass is 16.6. The zero-order chi connectivity index (χ0) is 15.4. The van der Waals surface area contributed by atoms with Crippen LogP contribution in [0.5, 0.6) is 0 Å². The van der Waals surface area contributed by atoms with Gasteiger partial charge >= 0.3 is 0 Å². The first-order chi connectivity index (χ1) is 10.0. The first-order valence-corrected chi connectivity index (χ1v) is 6.69. The topological polar surface area (TPSA) is 111 Å². The summed E-state index contributed by atoms with van der Waals surface area (Å²) in [6.07, 6.45) is 0.743. The Kier molecular flexibility index (Phi) is 4.71. The molecule has 1 aromatic rings. The SMILES string of the molecule is CC1CN(C(=O)c2ccc([N+](=O)[O-])c(NN)c2)CCCO1. The number of benzene rings is 1. The maximum atomic E-state index is 12.5. The highest BCUT2D eigenvalue weighted by Gasteiger charge is 2.23. The molecule has 1 atom stereocenters. The Morgan fingerprint density at radius 2 is 2.33 bits per heavy atom. The number of nitrogens with two attached hydrogens (primary N) is 1. The van der Waals surface area contributed by atoms with Crippen molar-refractivity contribution in [3.05, 3.63) is 33.9 Å². The van der Waals surface area contributed by atoms with E-state index in [1.54, 1.807) is 4.90 Å². The van der Waals surface area contributed by atoms with E-state index < -0.39 is 4.92 Å². The van der Waals surface area contributed by atoms with Crippen molar-refractivity contribution >= 4 is 17.3 Å². The number of nitrogens with one attached hydrogen (secondary N) is 1. The minimum Gasteiger partial charge on any atom is -0.377 e. The van der Waals surface area contributed by atoms with Crippen LogP contribution in [0.4, 0.5) is 11.4 Å². The summed E-state index contributed by atoms with van der Waals surface area (Å²) in [5, 5.41) is 10.9. The number of amides is 1. The van der Waals surface area contributed by atoms with E-state index in [9.17, 15) is 14.9 Å². The first kappa shape index (κ1) is 15.2. The van der Waals surface area contributed by atoms with Crippen molar-refractivity contribution in [3.63, 3.8) is 0 Å². The van der Waals surface area contributed by atoms with Crippen LogP contribution in [0.25, 0.3) is 0 Å². The van der Waals surface area contributed by atoms with Crippen LogP contribution in [-0.4, -0.2) is 41.5 Å². The highest BCUT2D eigenvalue weighted by Crippen LogP contribution is 2.25. The van der Waals surface area contributed by atoms with E-state index in [-0.39, 0.29) is 23.4 Å². The lowest BCUT2D eigenvalue weighted by Gasteiger charge is -2.22. The molecule has 0 aliphatic carbocycles. The molecule has 1 saturated heterocycles. The van der Waals surface area contributed by atoms with Gasteiger partial charge in [0.15, 0.2) is 0 Å². The number of hydrazine groups is 1. The van der Waals surface area contributed by atoms with E-state index in [1.165, 1.54) is 18.2 Å². The predicted octanol–water partition coefficient (Wildman–Crippen LogP) is 1.13. The molecule has 0 aromatic heterocycles. The van der Waals surface area contributed by atoms with Gasteiger partial charge in [-0.25, -0.2) is 0 Å². The summed E-state index contributed by atoms with van der Waals surface area (Å²) >= 11 is 0. The van der Waals surface area contributed by atoms with Crippen molar-refractivity contribution in [2.24, 2.45) is 5.84 Å². The molecule has 0 bridgehead atoms. The fourth-order valence-electron chi connectivity index (χ4n) is 2.31. The summed E-state index contributed by atoms with van der Waals surface area (Å²) < 4.78 is 5.50. The van der Waals surface area contributed by atoms with Crippen molar-refractivity contribution in [2.75, 3.05) is 25.1 Å². The number of ether oxygens (including phenoxy) is 1. The summed E-state index contributed by atoms with van der Waals surface area (Å²) in [6.45, 7) is 3.64. The zero-order valence-corrected chi connectivity index (χ0v) is 11.7. The van der Waals surface area contributed by atoms with Gasteiger partial charge in [0.2, 0.25) is 0 Å². The molecule has 1 aliphatic rings. The molecule has 8 nitrogen and oxygen atoms in total. The van der Waals surface area contributed by atoms with Crippen LogP contribution in [0.15, 0.2) is 18.2 Å². The number of hydrogen-bond acceptors (Lipinski definition) is 6. The van der Waals surface area contributed by atoms with Gasteiger partial charge in [0.1, 0.15) is 5.69 Å². The number of hydrogen-bond donors (Lipinski definition) is 2. The summed E-state index contributed by atoms with van der Waals surface area (Å²) in [5.41, 5.74) is 2.57. The number of carbonyl (C=O) groups is 1. The Morgan fingerprint density at radius 1 is 1.57 bits per heavy atom. The zero-order valence-electron chi connectivity index (χ0n) is 11.7. The van der Waals surface area contributed by atoms with Gasteiger partial charge in [-0.1, -0.05) is 0 Å². The lowest BCUT2D eigenvalue weighted by Crippen LogP contribution is -2.36. The second kappa shape index (κ2) is 6.51. The maximum Gasteiger partial charge on any atom is 0.293 e. The molecule has 1 heterocycles. The van der Waals surface area contributed by atoms with E-state index in [4.69, 9.17) is 10.6 Å². The van der Waals surface area contributed by atoms with Crippen molar-refractivity contribution in [1.29, 1.82) is 0 Å². The van der Waals surface area contributed by atoms with E-state index >= 15 is 0 Å². The van der Waals surface area contributed by atoms with E-state index in [2.05, 4.69) is 5.43 Å². The molecule has 114 valence electrons. The van der Waals surface area contributed by atoms with Gasteiger partial charge < -0.3 is 15.1 Å². The van der Waals surface area contributed by atoms with Gasteiger partial charge in [-0.2, -0.15) is 0 Å². The average Bonchev–Trinajstić information content (AvgIpc) is 2.70. The smallest absolute Gasteiger partial charge is 0.293 e. The molecule has 2 rings (SSSR count). The number of rotatable bonds is 3. The molecule has 1 aromatic carbocycles. The van der Waals surface area contributed by atoms with Gasteiger partial charge in [-0.3, -0.25) is 20.8 Å². The van der Waals surface area contributed by atoms with Gasteiger partial charge in [-0.05, 0) is 25.5 Å². The number of carbonyl (C=O) groups excluding carboxylic acids is 1. The second-order valence-electron chi connectivity index (χ2n) is 4.92. The van der Waals surface area contributed by atoms with Crippen LogP contribution in [0.3, 0.4) is 0 Å². The van der Waals surface area contributed by atoms with Crippen molar-refractivity contribution in [1.82, 2.24) is 4.90 Å².